The maximum atomic E-state index is 4.05. The highest BCUT2D eigenvalue weighted by Gasteiger charge is 2.05. The van der Waals surface area contributed by atoms with E-state index in [-0.39, 0.29) is 0 Å². The highest BCUT2D eigenvalue weighted by molar-refractivity contribution is 9.08. The van der Waals surface area contributed by atoms with Gasteiger partial charge in [-0.3, -0.25) is 4.98 Å². The van der Waals surface area contributed by atoms with Gasteiger partial charge in [0.15, 0.2) is 0 Å². The van der Waals surface area contributed by atoms with Gasteiger partial charge in [0.1, 0.15) is 0 Å². The van der Waals surface area contributed by atoms with E-state index in [0.29, 0.717) is 0 Å². The Labute approximate surface area is 123 Å². The minimum absolute atomic E-state index is 0.912. The van der Waals surface area contributed by atoms with Gasteiger partial charge in [-0.1, -0.05) is 28.1 Å². The molecule has 2 aromatic rings. The Morgan fingerprint density at radius 2 is 1.84 bits per heavy atom. The van der Waals surface area contributed by atoms with Crippen molar-refractivity contribution < 1.29 is 0 Å². The van der Waals surface area contributed by atoms with Crippen LogP contribution in [0.25, 0.3) is 0 Å². The van der Waals surface area contributed by atoms with E-state index in [0.717, 1.165) is 18.3 Å². The summed E-state index contributed by atoms with van der Waals surface area (Å²) in [6.45, 7) is 3.18. The van der Waals surface area contributed by atoms with E-state index in [4.69, 9.17) is 0 Å². The molecule has 1 aromatic carbocycles. The summed E-state index contributed by atoms with van der Waals surface area (Å²) < 4.78 is 0. The van der Waals surface area contributed by atoms with Gasteiger partial charge in [0, 0.05) is 37.0 Å². The van der Waals surface area contributed by atoms with Gasteiger partial charge in [0.25, 0.3) is 0 Å². The number of nitrogens with zero attached hydrogens (tertiary/aromatic N) is 2. The van der Waals surface area contributed by atoms with Gasteiger partial charge >= 0.3 is 0 Å². The number of aryl methyl sites for hydroxylation is 1. The molecule has 0 spiro atoms. The average Bonchev–Trinajstić information content (AvgIpc) is 2.45. The summed E-state index contributed by atoms with van der Waals surface area (Å²) in [7, 11) is 2.15. The lowest BCUT2D eigenvalue weighted by Gasteiger charge is -2.22. The number of anilines is 1. The maximum absolute atomic E-state index is 4.05. The third kappa shape index (κ3) is 3.80. The molecule has 19 heavy (non-hydrogen) atoms. The lowest BCUT2D eigenvalue weighted by molar-refractivity contribution is 0.871. The molecule has 0 aliphatic heterocycles. The van der Waals surface area contributed by atoms with Crippen LogP contribution in [0.2, 0.25) is 0 Å². The van der Waals surface area contributed by atoms with Crippen molar-refractivity contribution in [2.24, 2.45) is 0 Å². The van der Waals surface area contributed by atoms with E-state index < -0.39 is 0 Å². The van der Waals surface area contributed by atoms with E-state index in [1.807, 2.05) is 12.4 Å². The van der Waals surface area contributed by atoms with Crippen LogP contribution >= 0.6 is 15.9 Å². The van der Waals surface area contributed by atoms with Crippen LogP contribution in [0.4, 0.5) is 5.69 Å². The Balaban J connectivity index is 2.02. The molecule has 0 saturated carbocycles. The fourth-order valence-electron chi connectivity index (χ4n) is 2.20. The molecule has 3 heteroatoms. The summed E-state index contributed by atoms with van der Waals surface area (Å²) in [6, 6.07) is 10.8. The average molecular weight is 319 g/mol. The first-order valence-corrected chi connectivity index (χ1v) is 7.58. The summed E-state index contributed by atoms with van der Waals surface area (Å²) in [5, 5.41) is 0.912. The van der Waals surface area contributed by atoms with E-state index in [1.165, 1.54) is 22.4 Å². The molecule has 0 atom stereocenters. The topological polar surface area (TPSA) is 16.1 Å². The summed E-state index contributed by atoms with van der Waals surface area (Å²) in [5.74, 6) is 0. The molecule has 0 radical (unpaired) electrons. The summed E-state index contributed by atoms with van der Waals surface area (Å²) in [6.07, 6.45) is 4.75. The molecule has 0 aliphatic carbocycles. The van der Waals surface area contributed by atoms with Gasteiger partial charge in [-0.25, -0.2) is 0 Å². The number of halogens is 1. The van der Waals surface area contributed by atoms with E-state index >= 15 is 0 Å². The SMILES string of the molecule is Cc1cc(CBr)ccc1N(C)CCc1ccncc1. The van der Waals surface area contributed by atoms with Crippen LogP contribution in [-0.4, -0.2) is 18.6 Å². The van der Waals surface area contributed by atoms with Gasteiger partial charge in [-0.15, -0.1) is 0 Å². The molecule has 1 aromatic heterocycles. The number of rotatable bonds is 5. The second-order valence-corrected chi connectivity index (χ2v) is 5.34. The third-order valence-corrected chi connectivity index (χ3v) is 3.96. The van der Waals surface area contributed by atoms with Crippen LogP contribution in [-0.2, 0) is 11.8 Å². The molecule has 0 N–H and O–H groups in total. The largest absolute Gasteiger partial charge is 0.374 e. The van der Waals surface area contributed by atoms with Crippen molar-refractivity contribution in [1.29, 1.82) is 0 Å². The molecular formula is C16H19BrN2. The minimum Gasteiger partial charge on any atom is -0.374 e. The van der Waals surface area contributed by atoms with Crippen LogP contribution in [0.15, 0.2) is 42.7 Å². The van der Waals surface area contributed by atoms with Gasteiger partial charge in [-0.2, -0.15) is 0 Å². The number of benzene rings is 1. The second-order valence-electron chi connectivity index (χ2n) is 4.78. The third-order valence-electron chi connectivity index (χ3n) is 3.31. The van der Waals surface area contributed by atoms with E-state index in [9.17, 15) is 0 Å². The normalized spacial score (nSPS) is 10.5. The lowest BCUT2D eigenvalue weighted by atomic mass is 10.1. The van der Waals surface area contributed by atoms with Crippen molar-refractivity contribution >= 4 is 21.6 Å². The Morgan fingerprint density at radius 1 is 1.11 bits per heavy atom. The standard InChI is InChI=1S/C16H19BrN2/c1-13-11-15(12-17)3-4-16(13)19(2)10-7-14-5-8-18-9-6-14/h3-6,8-9,11H,7,10,12H2,1-2H3. The van der Waals surface area contributed by atoms with Crippen LogP contribution in [0.5, 0.6) is 0 Å². The van der Waals surface area contributed by atoms with Crippen molar-refractivity contribution in [1.82, 2.24) is 4.98 Å². The molecule has 0 unspecified atom stereocenters. The molecule has 0 bridgehead atoms. The van der Waals surface area contributed by atoms with Gasteiger partial charge < -0.3 is 4.90 Å². The van der Waals surface area contributed by atoms with Crippen LogP contribution in [0, 0.1) is 6.92 Å². The molecule has 0 fully saturated rings. The van der Waals surface area contributed by atoms with E-state index in [2.05, 4.69) is 70.1 Å². The Morgan fingerprint density at radius 3 is 2.47 bits per heavy atom. The molecule has 2 rings (SSSR count). The maximum Gasteiger partial charge on any atom is 0.0393 e. The van der Waals surface area contributed by atoms with Gasteiger partial charge in [-0.05, 0) is 48.2 Å². The van der Waals surface area contributed by atoms with Gasteiger partial charge in [0.2, 0.25) is 0 Å². The molecule has 100 valence electrons. The molecule has 0 amide bonds. The van der Waals surface area contributed by atoms with Crippen LogP contribution < -0.4 is 4.90 Å². The molecule has 2 nitrogen and oxygen atoms in total. The second kappa shape index (κ2) is 6.71. The number of hydrogen-bond acceptors (Lipinski definition) is 2. The molecule has 0 saturated heterocycles. The molecule has 0 aliphatic rings. The van der Waals surface area contributed by atoms with Crippen molar-refractivity contribution in [2.45, 2.75) is 18.7 Å². The quantitative estimate of drug-likeness (QED) is 0.776. The zero-order valence-electron chi connectivity index (χ0n) is 11.4. The summed E-state index contributed by atoms with van der Waals surface area (Å²) in [4.78, 5) is 6.36. The fourth-order valence-corrected chi connectivity index (χ4v) is 2.54. The van der Waals surface area contributed by atoms with E-state index in [1.54, 1.807) is 0 Å². The first kappa shape index (κ1) is 14.1. The number of aromatic nitrogens is 1. The Hall–Kier alpha value is -1.35. The highest BCUT2D eigenvalue weighted by Crippen LogP contribution is 2.21. The number of likely N-dealkylation sites (N-methyl/N-ethyl adjacent to an activating group) is 1. The summed E-state index contributed by atoms with van der Waals surface area (Å²) in [5.41, 5.74) is 5.29. The first-order valence-electron chi connectivity index (χ1n) is 6.46. The van der Waals surface area contributed by atoms with Gasteiger partial charge in [0.05, 0.1) is 0 Å². The first-order chi connectivity index (χ1) is 9.20. The lowest BCUT2D eigenvalue weighted by Crippen LogP contribution is -2.21. The smallest absolute Gasteiger partial charge is 0.0393 e. The zero-order chi connectivity index (χ0) is 13.7. The summed E-state index contributed by atoms with van der Waals surface area (Å²) >= 11 is 3.50. The minimum atomic E-state index is 0.912. The zero-order valence-corrected chi connectivity index (χ0v) is 13.0. The number of hydrogen-bond donors (Lipinski definition) is 0. The predicted molar refractivity (Wildman–Crippen MR) is 85.0 cm³/mol. The Kier molecular flexibility index (Phi) is 4.97. The highest BCUT2D eigenvalue weighted by atomic mass is 79.9. The predicted octanol–water partition coefficient (Wildman–Crippen LogP) is 3.96. The van der Waals surface area contributed by atoms with Crippen molar-refractivity contribution in [3.63, 3.8) is 0 Å². The number of pyridine rings is 1. The Bertz CT molecular complexity index is 526. The van der Waals surface area contributed by atoms with Crippen molar-refractivity contribution in [3.8, 4) is 0 Å². The molecular weight excluding hydrogens is 300 g/mol. The fraction of sp³-hybridized carbons (Fsp3) is 0.312. The van der Waals surface area contributed by atoms with Crippen molar-refractivity contribution in [3.05, 3.63) is 59.4 Å². The van der Waals surface area contributed by atoms with Crippen LogP contribution in [0.3, 0.4) is 0 Å². The monoisotopic (exact) mass is 318 g/mol. The van der Waals surface area contributed by atoms with Crippen molar-refractivity contribution in [2.75, 3.05) is 18.5 Å². The van der Waals surface area contributed by atoms with Crippen LogP contribution in [0.1, 0.15) is 16.7 Å². The molecule has 1 heterocycles. The number of alkyl halides is 1.